The molecule has 1 saturated heterocycles. The van der Waals surface area contributed by atoms with E-state index in [1.165, 1.54) is 4.90 Å². The molecule has 1 saturated carbocycles. The molecule has 0 unspecified atom stereocenters. The molecule has 6 heteroatoms. The number of carbonyl (C=O) groups excluding carboxylic acids is 3. The van der Waals surface area contributed by atoms with Crippen molar-refractivity contribution in [2.45, 2.75) is 18.9 Å². The Hall–Kier alpha value is -3.41. The summed E-state index contributed by atoms with van der Waals surface area (Å²) in [6.45, 7) is 0. The summed E-state index contributed by atoms with van der Waals surface area (Å²) in [6, 6.07) is 15.6. The predicted molar refractivity (Wildman–Crippen MR) is 115 cm³/mol. The first-order chi connectivity index (χ1) is 15.1. The lowest BCUT2D eigenvalue weighted by Gasteiger charge is -2.27. The molecule has 2 fully saturated rings. The highest BCUT2D eigenvalue weighted by Gasteiger charge is 2.61. The van der Waals surface area contributed by atoms with Crippen molar-refractivity contribution in [3.63, 3.8) is 0 Å². The number of nitrogens with zero attached hydrogens (tertiary/aromatic N) is 1. The zero-order valence-electron chi connectivity index (χ0n) is 17.2. The van der Waals surface area contributed by atoms with E-state index in [1.807, 2.05) is 30.3 Å². The summed E-state index contributed by atoms with van der Waals surface area (Å²) < 4.78 is 5.23. The summed E-state index contributed by atoms with van der Waals surface area (Å²) in [6.07, 6.45) is 5.25. The van der Waals surface area contributed by atoms with Gasteiger partial charge in [-0.15, -0.1) is 0 Å². The summed E-state index contributed by atoms with van der Waals surface area (Å²) in [5, 5.41) is 2.88. The fourth-order valence-corrected chi connectivity index (χ4v) is 5.30. The molecule has 1 aliphatic heterocycles. The lowest BCUT2D eigenvalue weighted by Crippen LogP contribution is -2.49. The Morgan fingerprint density at radius 1 is 1.03 bits per heavy atom. The number of benzene rings is 2. The largest absolute Gasteiger partial charge is 0.497 e. The van der Waals surface area contributed by atoms with Crippen molar-refractivity contribution in [3.05, 3.63) is 72.3 Å². The van der Waals surface area contributed by atoms with Gasteiger partial charge in [0.05, 0.1) is 18.9 Å². The number of methoxy groups -OCH3 is 1. The first-order valence-electron chi connectivity index (χ1n) is 10.6. The molecule has 1 N–H and O–H groups in total. The molecular weight excluding hydrogens is 392 g/mol. The summed E-state index contributed by atoms with van der Waals surface area (Å²) in [5.74, 6) is -0.634. The van der Waals surface area contributed by atoms with Crippen molar-refractivity contribution in [2.24, 2.45) is 23.7 Å². The predicted octanol–water partition coefficient (Wildman–Crippen LogP) is 3.05. The summed E-state index contributed by atoms with van der Waals surface area (Å²) in [4.78, 5) is 41.3. The SMILES string of the molecule is COc1cccc(NC(=O)[C@H](Cc2ccccc2)N2C(=O)[C@@H]3[C@H](C2=O)[C@H]2C=C[C@H]3C2)c1. The number of hydrogen-bond acceptors (Lipinski definition) is 4. The van der Waals surface area contributed by atoms with Gasteiger partial charge in [-0.3, -0.25) is 19.3 Å². The first kappa shape index (κ1) is 19.5. The highest BCUT2D eigenvalue weighted by atomic mass is 16.5. The minimum absolute atomic E-state index is 0.107. The Morgan fingerprint density at radius 3 is 2.35 bits per heavy atom. The fourth-order valence-electron chi connectivity index (χ4n) is 5.30. The Balaban J connectivity index is 1.45. The van der Waals surface area contributed by atoms with Crippen molar-refractivity contribution in [1.29, 1.82) is 0 Å². The number of likely N-dealkylation sites (tertiary alicyclic amines) is 1. The second-order valence-corrected chi connectivity index (χ2v) is 8.47. The Kier molecular flexibility index (Phi) is 4.85. The van der Waals surface area contributed by atoms with E-state index in [-0.39, 0.29) is 47.8 Å². The van der Waals surface area contributed by atoms with E-state index in [2.05, 4.69) is 17.5 Å². The van der Waals surface area contributed by atoms with Crippen LogP contribution in [0.4, 0.5) is 5.69 Å². The third kappa shape index (κ3) is 3.32. The van der Waals surface area contributed by atoms with E-state index < -0.39 is 6.04 Å². The molecule has 5 atom stereocenters. The maximum Gasteiger partial charge on any atom is 0.248 e. The molecule has 3 amide bonds. The number of rotatable bonds is 6. The minimum Gasteiger partial charge on any atom is -0.497 e. The van der Waals surface area contributed by atoms with Gasteiger partial charge in [0.1, 0.15) is 11.8 Å². The molecule has 2 aromatic carbocycles. The third-order valence-electron chi connectivity index (χ3n) is 6.73. The number of fused-ring (bicyclic) bond motifs is 5. The molecule has 31 heavy (non-hydrogen) atoms. The number of hydrogen-bond donors (Lipinski definition) is 1. The first-order valence-corrected chi connectivity index (χ1v) is 10.6. The number of anilines is 1. The van der Waals surface area contributed by atoms with E-state index in [9.17, 15) is 14.4 Å². The van der Waals surface area contributed by atoms with Gasteiger partial charge in [-0.2, -0.15) is 0 Å². The minimum atomic E-state index is -0.904. The van der Waals surface area contributed by atoms with Gasteiger partial charge < -0.3 is 10.1 Å². The molecule has 1 heterocycles. The highest BCUT2D eigenvalue weighted by molar-refractivity contribution is 6.11. The van der Waals surface area contributed by atoms with Crippen LogP contribution in [0.1, 0.15) is 12.0 Å². The lowest BCUT2D eigenvalue weighted by atomic mass is 9.85. The normalized spacial score (nSPS) is 26.8. The molecule has 2 bridgehead atoms. The van der Waals surface area contributed by atoms with Crippen LogP contribution in [0.3, 0.4) is 0 Å². The van der Waals surface area contributed by atoms with Crippen molar-refractivity contribution in [1.82, 2.24) is 4.90 Å². The zero-order valence-corrected chi connectivity index (χ0v) is 17.2. The van der Waals surface area contributed by atoms with Gasteiger partial charge in [0.15, 0.2) is 0 Å². The van der Waals surface area contributed by atoms with Gasteiger partial charge >= 0.3 is 0 Å². The molecule has 2 aliphatic carbocycles. The maximum atomic E-state index is 13.4. The molecule has 6 nitrogen and oxygen atoms in total. The molecule has 158 valence electrons. The van der Waals surface area contributed by atoms with E-state index in [0.717, 1.165) is 12.0 Å². The molecule has 0 radical (unpaired) electrons. The molecule has 3 aliphatic rings. The lowest BCUT2D eigenvalue weighted by molar-refractivity contribution is -0.147. The molecule has 5 rings (SSSR count). The van der Waals surface area contributed by atoms with E-state index in [4.69, 9.17) is 4.74 Å². The smallest absolute Gasteiger partial charge is 0.248 e. The van der Waals surface area contributed by atoms with Crippen LogP contribution in [0.2, 0.25) is 0 Å². The molecular formula is C25H24N2O4. The maximum absolute atomic E-state index is 13.4. The van der Waals surface area contributed by atoms with Crippen molar-refractivity contribution < 1.29 is 19.1 Å². The van der Waals surface area contributed by atoms with Gasteiger partial charge in [-0.25, -0.2) is 0 Å². The second kappa shape index (κ2) is 7.69. The van der Waals surface area contributed by atoms with Gasteiger partial charge in [-0.05, 0) is 36.0 Å². The number of amides is 3. The van der Waals surface area contributed by atoms with Gasteiger partial charge in [0.25, 0.3) is 0 Å². The topological polar surface area (TPSA) is 75.7 Å². The number of imide groups is 1. The zero-order chi connectivity index (χ0) is 21.5. The Bertz CT molecular complexity index is 1030. The van der Waals surface area contributed by atoms with Crippen molar-refractivity contribution >= 4 is 23.4 Å². The van der Waals surface area contributed by atoms with Gasteiger partial charge in [0.2, 0.25) is 17.7 Å². The van der Waals surface area contributed by atoms with Crippen LogP contribution in [0.5, 0.6) is 5.75 Å². The van der Waals surface area contributed by atoms with E-state index in [0.29, 0.717) is 11.4 Å². The van der Waals surface area contributed by atoms with Crippen LogP contribution >= 0.6 is 0 Å². The van der Waals surface area contributed by atoms with Crippen LogP contribution in [0.25, 0.3) is 0 Å². The number of ether oxygens (including phenoxy) is 1. The van der Waals surface area contributed by atoms with Crippen LogP contribution in [-0.2, 0) is 20.8 Å². The highest BCUT2D eigenvalue weighted by Crippen LogP contribution is 2.53. The van der Waals surface area contributed by atoms with Crippen LogP contribution < -0.4 is 10.1 Å². The average Bonchev–Trinajstić information content (AvgIpc) is 3.47. The summed E-state index contributed by atoms with van der Waals surface area (Å²) in [7, 11) is 1.56. The Labute approximate surface area is 180 Å². The molecule has 0 aromatic heterocycles. The Morgan fingerprint density at radius 2 is 1.71 bits per heavy atom. The summed E-state index contributed by atoms with van der Waals surface area (Å²) >= 11 is 0. The monoisotopic (exact) mass is 416 g/mol. The number of nitrogens with one attached hydrogen (secondary N) is 1. The van der Waals surface area contributed by atoms with Crippen LogP contribution in [0.15, 0.2) is 66.7 Å². The third-order valence-corrected chi connectivity index (χ3v) is 6.73. The van der Waals surface area contributed by atoms with Crippen LogP contribution in [-0.4, -0.2) is 35.8 Å². The number of allylic oxidation sites excluding steroid dienone is 2. The second-order valence-electron chi connectivity index (χ2n) is 8.47. The molecule has 2 aromatic rings. The standard InChI is InChI=1S/C25H24N2O4/c1-31-19-9-5-8-18(14-19)26-23(28)20(12-15-6-3-2-4-7-15)27-24(29)21-16-10-11-17(13-16)22(21)25(27)30/h2-11,14,16-17,20-22H,12-13H2,1H3,(H,26,28)/t16-,17-,20-,21-,22+/m0/s1. The molecule has 0 spiro atoms. The van der Waals surface area contributed by atoms with Crippen LogP contribution in [0, 0.1) is 23.7 Å². The quantitative estimate of drug-likeness (QED) is 0.580. The summed E-state index contributed by atoms with van der Waals surface area (Å²) in [5.41, 5.74) is 1.45. The van der Waals surface area contributed by atoms with Crippen molar-refractivity contribution in [2.75, 3.05) is 12.4 Å². The van der Waals surface area contributed by atoms with Gasteiger partial charge in [0, 0.05) is 18.2 Å². The number of carbonyl (C=O) groups is 3. The van der Waals surface area contributed by atoms with Gasteiger partial charge in [-0.1, -0.05) is 48.6 Å². The van der Waals surface area contributed by atoms with E-state index in [1.54, 1.807) is 31.4 Å². The van der Waals surface area contributed by atoms with E-state index >= 15 is 0 Å². The average molecular weight is 416 g/mol. The van der Waals surface area contributed by atoms with Crippen molar-refractivity contribution in [3.8, 4) is 5.75 Å². The fraction of sp³-hybridized carbons (Fsp3) is 0.320.